The second kappa shape index (κ2) is 6.18. The molecule has 92 valence electrons. The number of nitrogens with one attached hydrogen (secondary N) is 2. The molecule has 2 heterocycles. The number of morpholine rings is 1. The van der Waals surface area contributed by atoms with Crippen molar-refractivity contribution in [3.63, 3.8) is 0 Å². The molecule has 5 heteroatoms. The van der Waals surface area contributed by atoms with Gasteiger partial charge in [0, 0.05) is 19.7 Å². The van der Waals surface area contributed by atoms with Crippen LogP contribution in [0.3, 0.4) is 0 Å². The molecule has 2 unspecified atom stereocenters. The van der Waals surface area contributed by atoms with E-state index in [2.05, 4.69) is 10.6 Å². The van der Waals surface area contributed by atoms with Crippen LogP contribution in [0, 0.1) is 0 Å². The fourth-order valence-corrected chi connectivity index (χ4v) is 2.10. The molecule has 0 spiro atoms. The Balaban J connectivity index is 1.66. The molecule has 2 fully saturated rings. The molecular weight excluding hydrogens is 208 g/mol. The van der Waals surface area contributed by atoms with Crippen molar-refractivity contribution in [2.24, 2.45) is 0 Å². The Hall–Kier alpha value is -0.650. The summed E-state index contributed by atoms with van der Waals surface area (Å²) in [6.45, 7) is 3.82. The van der Waals surface area contributed by atoms with Gasteiger partial charge in [-0.3, -0.25) is 4.79 Å². The van der Waals surface area contributed by atoms with E-state index in [1.807, 2.05) is 0 Å². The van der Waals surface area contributed by atoms with Crippen LogP contribution in [0.15, 0.2) is 0 Å². The maximum Gasteiger partial charge on any atom is 0.222 e. The molecule has 5 nitrogen and oxygen atoms in total. The molecule has 2 N–H and O–H groups in total. The van der Waals surface area contributed by atoms with E-state index in [1.165, 1.54) is 0 Å². The van der Waals surface area contributed by atoms with Gasteiger partial charge >= 0.3 is 0 Å². The number of amides is 1. The smallest absolute Gasteiger partial charge is 0.222 e. The zero-order valence-electron chi connectivity index (χ0n) is 9.54. The van der Waals surface area contributed by atoms with E-state index in [0.29, 0.717) is 19.6 Å². The highest BCUT2D eigenvalue weighted by Crippen LogP contribution is 2.07. The van der Waals surface area contributed by atoms with Crippen molar-refractivity contribution in [3.8, 4) is 0 Å². The van der Waals surface area contributed by atoms with Gasteiger partial charge in [0.05, 0.1) is 31.8 Å². The zero-order chi connectivity index (χ0) is 11.2. The van der Waals surface area contributed by atoms with Crippen LogP contribution in [0.1, 0.15) is 19.3 Å². The quantitative estimate of drug-likeness (QED) is 0.694. The van der Waals surface area contributed by atoms with Gasteiger partial charge in [0.1, 0.15) is 0 Å². The third kappa shape index (κ3) is 3.73. The molecule has 0 radical (unpaired) electrons. The molecular formula is C11H20N2O3. The van der Waals surface area contributed by atoms with Crippen molar-refractivity contribution in [3.05, 3.63) is 0 Å². The molecule has 0 aliphatic carbocycles. The van der Waals surface area contributed by atoms with Gasteiger partial charge < -0.3 is 20.1 Å². The van der Waals surface area contributed by atoms with Gasteiger partial charge in [-0.1, -0.05) is 0 Å². The SMILES string of the molecule is O=C(CC1CNCCO1)NC1CCCOC1. The lowest BCUT2D eigenvalue weighted by atomic mass is 10.1. The summed E-state index contributed by atoms with van der Waals surface area (Å²) >= 11 is 0. The zero-order valence-corrected chi connectivity index (χ0v) is 9.54. The highest BCUT2D eigenvalue weighted by atomic mass is 16.5. The van der Waals surface area contributed by atoms with Crippen LogP contribution in [0.2, 0.25) is 0 Å². The molecule has 1 amide bonds. The van der Waals surface area contributed by atoms with Crippen LogP contribution in [-0.2, 0) is 14.3 Å². The first kappa shape index (κ1) is 11.8. The fourth-order valence-electron chi connectivity index (χ4n) is 2.10. The minimum Gasteiger partial charge on any atom is -0.379 e. The van der Waals surface area contributed by atoms with Crippen molar-refractivity contribution in [1.82, 2.24) is 10.6 Å². The van der Waals surface area contributed by atoms with Crippen molar-refractivity contribution in [2.75, 3.05) is 32.9 Å². The molecule has 16 heavy (non-hydrogen) atoms. The summed E-state index contributed by atoms with van der Waals surface area (Å²) in [5.41, 5.74) is 0. The molecule has 2 aliphatic rings. The van der Waals surface area contributed by atoms with E-state index in [9.17, 15) is 4.79 Å². The lowest BCUT2D eigenvalue weighted by Gasteiger charge is -2.26. The average molecular weight is 228 g/mol. The van der Waals surface area contributed by atoms with E-state index in [0.717, 1.165) is 32.5 Å². The minimum absolute atomic E-state index is 0.0262. The number of ether oxygens (including phenoxy) is 2. The summed E-state index contributed by atoms with van der Waals surface area (Å²) in [5.74, 6) is 0.0733. The standard InChI is InChI=1S/C11H20N2O3/c14-11(6-10-7-12-3-5-16-10)13-9-2-1-4-15-8-9/h9-10,12H,1-8H2,(H,13,14). The van der Waals surface area contributed by atoms with Crippen molar-refractivity contribution < 1.29 is 14.3 Å². The molecule has 2 saturated heterocycles. The summed E-state index contributed by atoms with van der Waals surface area (Å²) in [5, 5.41) is 6.21. The predicted molar refractivity (Wildman–Crippen MR) is 59.2 cm³/mol. The van der Waals surface area contributed by atoms with Gasteiger partial charge in [0.2, 0.25) is 5.91 Å². The number of carbonyl (C=O) groups excluding carboxylic acids is 1. The van der Waals surface area contributed by atoms with Gasteiger partial charge in [0.15, 0.2) is 0 Å². The molecule has 2 atom stereocenters. The fraction of sp³-hybridized carbons (Fsp3) is 0.909. The first-order valence-corrected chi connectivity index (χ1v) is 6.04. The predicted octanol–water partition coefficient (Wildman–Crippen LogP) is -0.340. The number of carbonyl (C=O) groups is 1. The minimum atomic E-state index is 0.0262. The second-order valence-electron chi connectivity index (χ2n) is 4.38. The maximum atomic E-state index is 11.7. The maximum absolute atomic E-state index is 11.7. The second-order valence-corrected chi connectivity index (χ2v) is 4.38. The van der Waals surface area contributed by atoms with Crippen LogP contribution < -0.4 is 10.6 Å². The van der Waals surface area contributed by atoms with Crippen molar-refractivity contribution in [1.29, 1.82) is 0 Å². The molecule has 0 aromatic rings. The van der Waals surface area contributed by atoms with Gasteiger partial charge in [-0.05, 0) is 12.8 Å². The van der Waals surface area contributed by atoms with E-state index in [-0.39, 0.29) is 18.1 Å². The molecule has 2 aliphatic heterocycles. The summed E-state index contributed by atoms with van der Waals surface area (Å²) in [7, 11) is 0. The molecule has 0 aromatic heterocycles. The summed E-state index contributed by atoms with van der Waals surface area (Å²) in [6.07, 6.45) is 2.53. The van der Waals surface area contributed by atoms with E-state index >= 15 is 0 Å². The average Bonchev–Trinajstić information content (AvgIpc) is 2.31. The van der Waals surface area contributed by atoms with Gasteiger partial charge in [0.25, 0.3) is 0 Å². The highest BCUT2D eigenvalue weighted by molar-refractivity contribution is 5.76. The van der Waals surface area contributed by atoms with Gasteiger partial charge in [-0.25, -0.2) is 0 Å². The van der Waals surface area contributed by atoms with Crippen LogP contribution in [-0.4, -0.2) is 51.0 Å². The van der Waals surface area contributed by atoms with Crippen LogP contribution in [0.4, 0.5) is 0 Å². The first-order valence-electron chi connectivity index (χ1n) is 6.04. The Kier molecular flexibility index (Phi) is 4.56. The largest absolute Gasteiger partial charge is 0.379 e. The topological polar surface area (TPSA) is 59.6 Å². The molecule has 0 saturated carbocycles. The van der Waals surface area contributed by atoms with E-state index in [1.54, 1.807) is 0 Å². The van der Waals surface area contributed by atoms with Gasteiger partial charge in [-0.15, -0.1) is 0 Å². The summed E-state index contributed by atoms with van der Waals surface area (Å²) in [4.78, 5) is 11.7. The number of rotatable bonds is 3. The lowest BCUT2D eigenvalue weighted by molar-refractivity contribution is -0.126. The molecule has 0 aromatic carbocycles. The van der Waals surface area contributed by atoms with E-state index in [4.69, 9.17) is 9.47 Å². The van der Waals surface area contributed by atoms with Crippen LogP contribution >= 0.6 is 0 Å². The Morgan fingerprint density at radius 3 is 3.06 bits per heavy atom. The monoisotopic (exact) mass is 228 g/mol. The normalized spacial score (nSPS) is 31.0. The van der Waals surface area contributed by atoms with Crippen LogP contribution in [0.25, 0.3) is 0 Å². The third-order valence-electron chi connectivity index (χ3n) is 2.94. The number of hydrogen-bond acceptors (Lipinski definition) is 4. The molecule has 0 bridgehead atoms. The Bertz CT molecular complexity index is 201. The van der Waals surface area contributed by atoms with E-state index < -0.39 is 0 Å². The lowest BCUT2D eigenvalue weighted by Crippen LogP contribution is -2.45. The Morgan fingerprint density at radius 2 is 2.38 bits per heavy atom. The highest BCUT2D eigenvalue weighted by Gasteiger charge is 2.20. The Morgan fingerprint density at radius 1 is 1.44 bits per heavy atom. The number of hydrogen-bond donors (Lipinski definition) is 2. The third-order valence-corrected chi connectivity index (χ3v) is 2.94. The summed E-state index contributed by atoms with van der Waals surface area (Å²) in [6, 6.07) is 0.192. The first-order chi connectivity index (χ1) is 7.84. The van der Waals surface area contributed by atoms with Crippen molar-refractivity contribution in [2.45, 2.75) is 31.4 Å². The van der Waals surface area contributed by atoms with Crippen LogP contribution in [0.5, 0.6) is 0 Å². The Labute approximate surface area is 95.9 Å². The molecule has 2 rings (SSSR count). The summed E-state index contributed by atoms with van der Waals surface area (Å²) < 4.78 is 10.8. The van der Waals surface area contributed by atoms with Gasteiger partial charge in [-0.2, -0.15) is 0 Å². The van der Waals surface area contributed by atoms with Crippen molar-refractivity contribution >= 4 is 5.91 Å².